The Hall–Kier alpha value is -0.580. The number of hydrogen-bond donors (Lipinski definition) is 2. The van der Waals surface area contributed by atoms with Crippen LogP contribution < -0.4 is 11.3 Å². The van der Waals surface area contributed by atoms with Crippen molar-refractivity contribution in [1.29, 1.82) is 0 Å². The van der Waals surface area contributed by atoms with Gasteiger partial charge in [0.1, 0.15) is 0 Å². The number of nitrogens with one attached hydrogen (secondary N) is 1. The Balaban J connectivity index is 2.67. The Morgan fingerprint density at radius 2 is 2.47 bits per heavy atom. The Kier molecular flexibility index (Phi) is 5.68. The van der Waals surface area contributed by atoms with E-state index in [1.165, 1.54) is 0 Å². The van der Waals surface area contributed by atoms with Gasteiger partial charge in [0.15, 0.2) is 0 Å². The predicted octanol–water partition coefficient (Wildman–Crippen LogP) is 1.82. The number of halogens is 1. The van der Waals surface area contributed by atoms with E-state index in [0.29, 0.717) is 5.88 Å². The summed E-state index contributed by atoms with van der Waals surface area (Å²) in [4.78, 5) is 0. The molecule has 1 rings (SSSR count). The normalized spacial score (nSPS) is 13.0. The molecule has 0 saturated heterocycles. The van der Waals surface area contributed by atoms with Gasteiger partial charge in [-0.05, 0) is 25.3 Å². The van der Waals surface area contributed by atoms with Crippen LogP contribution in [-0.2, 0) is 6.54 Å². The lowest BCUT2D eigenvalue weighted by molar-refractivity contribution is 0.454. The number of alkyl halides is 1. The minimum Gasteiger partial charge on any atom is -0.271 e. The maximum atomic E-state index is 5.67. The molecule has 0 aliphatic heterocycles. The highest BCUT2D eigenvalue weighted by Crippen LogP contribution is 2.17. The number of nitrogens with zero attached hydrogens (tertiary/aromatic N) is 2. The standard InChI is InChI=1S/C10H19ClN4/c1-2-8-15-10(5-7-13-15)9(14-12)4-3-6-11/h5,7,9,14H,2-4,6,8,12H2,1H3. The summed E-state index contributed by atoms with van der Waals surface area (Å²) >= 11 is 5.67. The first-order valence-corrected chi connectivity index (χ1v) is 5.90. The molecule has 1 atom stereocenters. The largest absolute Gasteiger partial charge is 0.271 e. The molecule has 1 aromatic rings. The molecule has 0 radical (unpaired) electrons. The summed E-state index contributed by atoms with van der Waals surface area (Å²) in [5.41, 5.74) is 3.96. The molecule has 0 saturated carbocycles. The smallest absolute Gasteiger partial charge is 0.0629 e. The predicted molar refractivity (Wildman–Crippen MR) is 62.5 cm³/mol. The highest BCUT2D eigenvalue weighted by molar-refractivity contribution is 6.17. The van der Waals surface area contributed by atoms with E-state index in [1.807, 2.05) is 16.9 Å². The van der Waals surface area contributed by atoms with E-state index in [0.717, 1.165) is 31.5 Å². The van der Waals surface area contributed by atoms with Gasteiger partial charge in [-0.1, -0.05) is 6.92 Å². The van der Waals surface area contributed by atoms with E-state index < -0.39 is 0 Å². The van der Waals surface area contributed by atoms with Crippen molar-refractivity contribution in [3.05, 3.63) is 18.0 Å². The lowest BCUT2D eigenvalue weighted by atomic mass is 10.1. The van der Waals surface area contributed by atoms with Crippen LogP contribution in [0.15, 0.2) is 12.3 Å². The van der Waals surface area contributed by atoms with Gasteiger partial charge >= 0.3 is 0 Å². The Labute approximate surface area is 95.8 Å². The molecule has 0 amide bonds. The molecule has 0 aliphatic carbocycles. The molecule has 3 N–H and O–H groups in total. The van der Waals surface area contributed by atoms with E-state index in [9.17, 15) is 0 Å². The van der Waals surface area contributed by atoms with E-state index >= 15 is 0 Å². The van der Waals surface area contributed by atoms with Crippen molar-refractivity contribution < 1.29 is 0 Å². The molecular weight excluding hydrogens is 212 g/mol. The SMILES string of the molecule is CCCn1nccc1C(CCCCl)NN. The summed E-state index contributed by atoms with van der Waals surface area (Å²) in [5, 5.41) is 4.27. The number of hydrogen-bond acceptors (Lipinski definition) is 3. The van der Waals surface area contributed by atoms with Gasteiger partial charge in [-0.3, -0.25) is 16.0 Å². The van der Waals surface area contributed by atoms with E-state index in [2.05, 4.69) is 17.4 Å². The second kappa shape index (κ2) is 6.82. The van der Waals surface area contributed by atoms with Crippen molar-refractivity contribution in [2.75, 3.05) is 5.88 Å². The highest BCUT2D eigenvalue weighted by atomic mass is 35.5. The quantitative estimate of drug-likeness (QED) is 0.427. The van der Waals surface area contributed by atoms with Crippen LogP contribution in [0, 0.1) is 0 Å². The van der Waals surface area contributed by atoms with Gasteiger partial charge in [0.25, 0.3) is 0 Å². The molecule has 15 heavy (non-hydrogen) atoms. The Bertz CT molecular complexity index is 274. The second-order valence-electron chi connectivity index (χ2n) is 3.53. The third-order valence-electron chi connectivity index (χ3n) is 2.37. The lowest BCUT2D eigenvalue weighted by Gasteiger charge is -2.16. The van der Waals surface area contributed by atoms with Gasteiger partial charge in [-0.2, -0.15) is 5.10 Å². The summed E-state index contributed by atoms with van der Waals surface area (Å²) in [6.45, 7) is 3.07. The molecule has 1 unspecified atom stereocenters. The molecule has 1 heterocycles. The van der Waals surface area contributed by atoms with Crippen LogP contribution in [0.2, 0.25) is 0 Å². The van der Waals surface area contributed by atoms with Crippen LogP contribution in [0.1, 0.15) is 37.9 Å². The van der Waals surface area contributed by atoms with Crippen LogP contribution in [0.3, 0.4) is 0 Å². The monoisotopic (exact) mass is 230 g/mol. The zero-order chi connectivity index (χ0) is 11.1. The topological polar surface area (TPSA) is 55.9 Å². The fourth-order valence-electron chi connectivity index (χ4n) is 1.64. The number of nitrogens with two attached hydrogens (primary N) is 1. The fraction of sp³-hybridized carbons (Fsp3) is 0.700. The van der Waals surface area contributed by atoms with Crippen molar-refractivity contribution in [2.24, 2.45) is 5.84 Å². The third-order valence-corrected chi connectivity index (χ3v) is 2.64. The van der Waals surface area contributed by atoms with E-state index in [-0.39, 0.29) is 6.04 Å². The van der Waals surface area contributed by atoms with E-state index in [1.54, 1.807) is 0 Å². The number of rotatable bonds is 7. The van der Waals surface area contributed by atoms with Gasteiger partial charge in [-0.15, -0.1) is 11.6 Å². The molecule has 5 heteroatoms. The van der Waals surface area contributed by atoms with Crippen LogP contribution >= 0.6 is 11.6 Å². The molecule has 0 aromatic carbocycles. The first-order valence-electron chi connectivity index (χ1n) is 5.37. The average molecular weight is 231 g/mol. The zero-order valence-corrected chi connectivity index (χ0v) is 9.87. The molecule has 86 valence electrons. The summed E-state index contributed by atoms with van der Waals surface area (Å²) < 4.78 is 2.00. The third kappa shape index (κ3) is 3.48. The molecule has 1 aromatic heterocycles. The summed E-state index contributed by atoms with van der Waals surface area (Å²) in [6, 6.07) is 2.16. The second-order valence-corrected chi connectivity index (χ2v) is 3.91. The van der Waals surface area contributed by atoms with Gasteiger partial charge in [0.05, 0.1) is 11.7 Å². The van der Waals surface area contributed by atoms with Crippen molar-refractivity contribution >= 4 is 11.6 Å². The van der Waals surface area contributed by atoms with Crippen LogP contribution in [0.4, 0.5) is 0 Å². The minimum atomic E-state index is 0.151. The molecule has 0 fully saturated rings. The Morgan fingerprint density at radius 1 is 1.67 bits per heavy atom. The first kappa shape index (κ1) is 12.5. The molecule has 4 nitrogen and oxygen atoms in total. The van der Waals surface area contributed by atoms with Crippen LogP contribution in [0.5, 0.6) is 0 Å². The Morgan fingerprint density at radius 3 is 3.07 bits per heavy atom. The maximum absolute atomic E-state index is 5.67. The van der Waals surface area contributed by atoms with Crippen molar-refractivity contribution in [1.82, 2.24) is 15.2 Å². The van der Waals surface area contributed by atoms with Gasteiger partial charge < -0.3 is 0 Å². The molecule has 0 spiro atoms. The summed E-state index contributed by atoms with van der Waals surface area (Å²) in [6.07, 6.45) is 4.78. The van der Waals surface area contributed by atoms with Gasteiger partial charge in [0.2, 0.25) is 0 Å². The fourth-order valence-corrected chi connectivity index (χ4v) is 1.79. The maximum Gasteiger partial charge on any atom is 0.0629 e. The van der Waals surface area contributed by atoms with Crippen molar-refractivity contribution in [3.8, 4) is 0 Å². The average Bonchev–Trinajstić information content (AvgIpc) is 2.68. The molecule has 0 aliphatic rings. The van der Waals surface area contributed by atoms with Crippen LogP contribution in [-0.4, -0.2) is 15.7 Å². The van der Waals surface area contributed by atoms with Gasteiger partial charge in [0, 0.05) is 18.6 Å². The first-order chi connectivity index (χ1) is 7.33. The number of hydrazine groups is 1. The highest BCUT2D eigenvalue weighted by Gasteiger charge is 2.13. The van der Waals surface area contributed by atoms with E-state index in [4.69, 9.17) is 17.4 Å². The van der Waals surface area contributed by atoms with Crippen molar-refractivity contribution in [2.45, 2.75) is 38.8 Å². The lowest BCUT2D eigenvalue weighted by Crippen LogP contribution is -2.30. The summed E-state index contributed by atoms with van der Waals surface area (Å²) in [7, 11) is 0. The number of aromatic nitrogens is 2. The van der Waals surface area contributed by atoms with Gasteiger partial charge in [-0.25, -0.2) is 0 Å². The number of aryl methyl sites for hydroxylation is 1. The molecule has 0 bridgehead atoms. The molecular formula is C10H19ClN4. The summed E-state index contributed by atoms with van der Waals surface area (Å²) in [5.74, 6) is 6.20. The van der Waals surface area contributed by atoms with Crippen LogP contribution in [0.25, 0.3) is 0 Å². The zero-order valence-electron chi connectivity index (χ0n) is 9.12. The minimum absolute atomic E-state index is 0.151. The van der Waals surface area contributed by atoms with Crippen molar-refractivity contribution in [3.63, 3.8) is 0 Å².